The lowest BCUT2D eigenvalue weighted by Gasteiger charge is -2.73. The molecule has 13 heavy (non-hydrogen) atoms. The zero-order chi connectivity index (χ0) is 9.69. The van der Waals surface area contributed by atoms with Crippen LogP contribution in [0.5, 0.6) is 0 Å². The summed E-state index contributed by atoms with van der Waals surface area (Å²) in [4.78, 5) is 10.8. The maximum atomic E-state index is 10.8. The molecule has 0 aromatic carbocycles. The zero-order valence-electron chi connectivity index (χ0n) is 8.81. The molecule has 2 nitrogen and oxygen atoms in total. The lowest BCUT2D eigenvalue weighted by Crippen LogP contribution is -2.67. The van der Waals surface area contributed by atoms with Gasteiger partial charge in [0.2, 0.25) is 5.91 Å². The topological polar surface area (TPSA) is 29.1 Å². The third kappa shape index (κ3) is 1.18. The highest BCUT2D eigenvalue weighted by molar-refractivity contribution is 5.72. The number of carbonyl (C=O) groups excluding carboxylic acids is 1. The molecule has 74 valence electrons. The van der Waals surface area contributed by atoms with Crippen molar-refractivity contribution in [1.29, 1.82) is 0 Å². The van der Waals surface area contributed by atoms with Crippen molar-refractivity contribution in [1.82, 2.24) is 5.32 Å². The maximum Gasteiger partial charge on any atom is 0.216 e. The van der Waals surface area contributed by atoms with Gasteiger partial charge in [-0.25, -0.2) is 0 Å². The average molecular weight is 181 g/mol. The highest BCUT2D eigenvalue weighted by Crippen LogP contribution is 2.75. The zero-order valence-corrected chi connectivity index (χ0v) is 8.81. The molecule has 0 aromatic heterocycles. The van der Waals surface area contributed by atoms with Crippen LogP contribution in [0.2, 0.25) is 0 Å². The summed E-state index contributed by atoms with van der Waals surface area (Å²) in [6.07, 6.45) is 4.04. The van der Waals surface area contributed by atoms with E-state index >= 15 is 0 Å². The number of nitrogens with one attached hydrogen (secondary N) is 1. The van der Waals surface area contributed by atoms with Crippen LogP contribution >= 0.6 is 0 Å². The molecule has 0 aromatic rings. The fourth-order valence-electron chi connectivity index (χ4n) is 3.20. The SMILES string of the molecule is CC(=O)NCC12CC(C(C)C)(C1)C2. The molecule has 1 N–H and O–H groups in total. The van der Waals surface area contributed by atoms with Crippen LogP contribution in [0.3, 0.4) is 0 Å². The van der Waals surface area contributed by atoms with Crippen LogP contribution in [0.15, 0.2) is 0 Å². The Morgan fingerprint density at radius 2 is 1.92 bits per heavy atom. The summed E-state index contributed by atoms with van der Waals surface area (Å²) in [5.41, 5.74) is 1.18. The van der Waals surface area contributed by atoms with Gasteiger partial charge in [-0.15, -0.1) is 0 Å². The molecular weight excluding hydrogens is 162 g/mol. The van der Waals surface area contributed by atoms with Crippen molar-refractivity contribution in [3.63, 3.8) is 0 Å². The summed E-state index contributed by atoms with van der Waals surface area (Å²) < 4.78 is 0. The lowest BCUT2D eigenvalue weighted by molar-refractivity contribution is -0.225. The first kappa shape index (κ1) is 9.04. The molecular formula is C11H19NO. The van der Waals surface area contributed by atoms with Gasteiger partial charge in [0.15, 0.2) is 0 Å². The van der Waals surface area contributed by atoms with E-state index in [1.54, 1.807) is 6.92 Å². The summed E-state index contributed by atoms with van der Waals surface area (Å²) in [5.74, 6) is 0.940. The van der Waals surface area contributed by atoms with E-state index < -0.39 is 0 Å². The number of carbonyl (C=O) groups is 1. The van der Waals surface area contributed by atoms with Crippen molar-refractivity contribution in [3.8, 4) is 0 Å². The summed E-state index contributed by atoms with van der Waals surface area (Å²) in [6, 6.07) is 0. The van der Waals surface area contributed by atoms with Gasteiger partial charge in [0, 0.05) is 13.5 Å². The number of hydrogen-bond acceptors (Lipinski definition) is 1. The molecule has 3 saturated carbocycles. The molecule has 2 bridgehead atoms. The molecule has 3 aliphatic carbocycles. The van der Waals surface area contributed by atoms with Crippen molar-refractivity contribution in [3.05, 3.63) is 0 Å². The summed E-state index contributed by atoms with van der Waals surface area (Å²) in [7, 11) is 0. The van der Waals surface area contributed by atoms with Crippen molar-refractivity contribution in [2.45, 2.75) is 40.0 Å². The lowest BCUT2D eigenvalue weighted by atomic mass is 9.32. The van der Waals surface area contributed by atoms with E-state index in [1.807, 2.05) is 0 Å². The fraction of sp³-hybridized carbons (Fsp3) is 0.909. The largest absolute Gasteiger partial charge is 0.356 e. The molecule has 1 amide bonds. The van der Waals surface area contributed by atoms with Crippen molar-refractivity contribution in [2.24, 2.45) is 16.7 Å². The maximum absolute atomic E-state index is 10.8. The second-order valence-electron chi connectivity index (χ2n) is 5.46. The van der Waals surface area contributed by atoms with E-state index in [4.69, 9.17) is 0 Å². The molecule has 0 atom stereocenters. The van der Waals surface area contributed by atoms with Crippen LogP contribution in [0.4, 0.5) is 0 Å². The van der Waals surface area contributed by atoms with Crippen LogP contribution in [-0.2, 0) is 4.79 Å². The Morgan fingerprint density at radius 1 is 1.38 bits per heavy atom. The Hall–Kier alpha value is -0.530. The van der Waals surface area contributed by atoms with E-state index in [2.05, 4.69) is 19.2 Å². The van der Waals surface area contributed by atoms with Crippen LogP contribution in [0, 0.1) is 16.7 Å². The van der Waals surface area contributed by atoms with E-state index in [-0.39, 0.29) is 5.91 Å². The minimum Gasteiger partial charge on any atom is -0.356 e. The van der Waals surface area contributed by atoms with Gasteiger partial charge in [-0.2, -0.15) is 0 Å². The number of hydrogen-bond donors (Lipinski definition) is 1. The smallest absolute Gasteiger partial charge is 0.216 e. The van der Waals surface area contributed by atoms with Gasteiger partial charge in [-0.05, 0) is 36.0 Å². The molecule has 0 aliphatic heterocycles. The van der Waals surface area contributed by atoms with Crippen molar-refractivity contribution >= 4 is 5.91 Å². The second-order valence-corrected chi connectivity index (χ2v) is 5.46. The molecule has 0 spiro atoms. The van der Waals surface area contributed by atoms with E-state index in [0.29, 0.717) is 10.8 Å². The van der Waals surface area contributed by atoms with Crippen LogP contribution in [0.1, 0.15) is 40.0 Å². The van der Waals surface area contributed by atoms with Gasteiger partial charge in [-0.3, -0.25) is 4.79 Å². The molecule has 2 heteroatoms. The van der Waals surface area contributed by atoms with Crippen LogP contribution in [0.25, 0.3) is 0 Å². The van der Waals surface area contributed by atoms with Gasteiger partial charge >= 0.3 is 0 Å². The van der Waals surface area contributed by atoms with Gasteiger partial charge in [0.05, 0.1) is 0 Å². The second kappa shape index (κ2) is 2.49. The summed E-state index contributed by atoms with van der Waals surface area (Å²) in [6.45, 7) is 7.16. The summed E-state index contributed by atoms with van der Waals surface area (Å²) >= 11 is 0. The molecule has 0 unspecified atom stereocenters. The van der Waals surface area contributed by atoms with E-state index in [1.165, 1.54) is 19.3 Å². The van der Waals surface area contributed by atoms with Gasteiger partial charge in [-0.1, -0.05) is 13.8 Å². The predicted molar refractivity (Wildman–Crippen MR) is 52.2 cm³/mol. The first-order chi connectivity index (χ1) is 5.98. The number of amides is 1. The molecule has 3 fully saturated rings. The Balaban J connectivity index is 1.80. The quantitative estimate of drug-likeness (QED) is 0.708. The Kier molecular flexibility index (Phi) is 1.73. The highest BCUT2D eigenvalue weighted by atomic mass is 16.1. The third-order valence-electron chi connectivity index (χ3n) is 4.12. The fourth-order valence-corrected chi connectivity index (χ4v) is 3.20. The van der Waals surface area contributed by atoms with E-state index in [0.717, 1.165) is 12.5 Å². The Morgan fingerprint density at radius 3 is 2.31 bits per heavy atom. The average Bonchev–Trinajstić information content (AvgIpc) is 1.79. The number of rotatable bonds is 3. The van der Waals surface area contributed by atoms with Crippen LogP contribution in [-0.4, -0.2) is 12.5 Å². The van der Waals surface area contributed by atoms with Crippen molar-refractivity contribution in [2.75, 3.05) is 6.54 Å². The third-order valence-corrected chi connectivity index (χ3v) is 4.12. The van der Waals surface area contributed by atoms with Gasteiger partial charge in [0.25, 0.3) is 0 Å². The highest BCUT2D eigenvalue weighted by Gasteiger charge is 2.68. The van der Waals surface area contributed by atoms with Gasteiger partial charge < -0.3 is 5.32 Å². The monoisotopic (exact) mass is 181 g/mol. The van der Waals surface area contributed by atoms with Crippen molar-refractivity contribution < 1.29 is 4.79 Å². The Bertz CT molecular complexity index is 225. The minimum atomic E-state index is 0.114. The standard InChI is InChI=1S/C11H19NO/c1-8(2)11-4-10(5-11,6-11)7-12-9(3)13/h8H,4-7H2,1-3H3,(H,12,13). The normalized spacial score (nSPS) is 40.9. The first-order valence-corrected chi connectivity index (χ1v) is 5.23. The summed E-state index contributed by atoms with van der Waals surface area (Å²) in [5, 5.41) is 2.94. The van der Waals surface area contributed by atoms with Crippen LogP contribution < -0.4 is 5.32 Å². The molecule has 0 saturated heterocycles. The first-order valence-electron chi connectivity index (χ1n) is 5.23. The molecule has 3 aliphatic rings. The van der Waals surface area contributed by atoms with E-state index in [9.17, 15) is 4.79 Å². The molecule has 0 radical (unpaired) electrons. The Labute approximate surface area is 80.1 Å². The van der Waals surface area contributed by atoms with Gasteiger partial charge in [0.1, 0.15) is 0 Å². The predicted octanol–water partition coefficient (Wildman–Crippen LogP) is 1.95. The molecule has 0 heterocycles. The molecule has 3 rings (SSSR count). The minimum absolute atomic E-state index is 0.114.